The van der Waals surface area contributed by atoms with E-state index in [1.165, 1.54) is 0 Å². The largest absolute Gasteiger partial charge is 0.337 e. The van der Waals surface area contributed by atoms with Crippen LogP contribution < -0.4 is 15.4 Å². The Bertz CT molecular complexity index is 546. The molecule has 1 aromatic carbocycles. The molecule has 8 heteroatoms. The standard InChI is InChI=1S/C12H18ClN3O3S/c1-9(10-3-5-11(13)6-4-10)16-12(17)14-7-8-15-20(2,18)19/h3-6,9,15H,7-8H2,1-2H3,(H2,14,16,17). The normalized spacial score (nSPS) is 12.8. The lowest BCUT2D eigenvalue weighted by atomic mass is 10.1. The molecule has 1 rings (SSSR count). The van der Waals surface area contributed by atoms with Crippen molar-refractivity contribution in [2.24, 2.45) is 0 Å². The lowest BCUT2D eigenvalue weighted by molar-refractivity contribution is 0.238. The van der Waals surface area contributed by atoms with Crippen LogP contribution in [0.25, 0.3) is 0 Å². The Morgan fingerprint density at radius 3 is 2.40 bits per heavy atom. The molecule has 1 atom stereocenters. The molecule has 0 bridgehead atoms. The molecule has 0 radical (unpaired) electrons. The second-order valence-electron chi connectivity index (χ2n) is 4.34. The van der Waals surface area contributed by atoms with Gasteiger partial charge in [0.2, 0.25) is 10.0 Å². The fraction of sp³-hybridized carbons (Fsp3) is 0.417. The van der Waals surface area contributed by atoms with Gasteiger partial charge < -0.3 is 10.6 Å². The number of halogens is 1. The zero-order valence-corrected chi connectivity index (χ0v) is 12.9. The van der Waals surface area contributed by atoms with Crippen molar-refractivity contribution in [3.8, 4) is 0 Å². The molecular formula is C12H18ClN3O3S. The molecule has 0 saturated carbocycles. The van der Waals surface area contributed by atoms with Gasteiger partial charge in [-0.3, -0.25) is 0 Å². The molecular weight excluding hydrogens is 302 g/mol. The van der Waals surface area contributed by atoms with E-state index in [1.54, 1.807) is 12.1 Å². The minimum Gasteiger partial charge on any atom is -0.337 e. The van der Waals surface area contributed by atoms with Gasteiger partial charge in [-0.1, -0.05) is 23.7 Å². The molecule has 0 aliphatic heterocycles. The van der Waals surface area contributed by atoms with E-state index >= 15 is 0 Å². The number of sulfonamides is 1. The Kier molecular flexibility index (Phi) is 6.25. The molecule has 0 fully saturated rings. The van der Waals surface area contributed by atoms with Gasteiger partial charge in [0.15, 0.2) is 0 Å². The fourth-order valence-electron chi connectivity index (χ4n) is 1.49. The Morgan fingerprint density at radius 1 is 1.25 bits per heavy atom. The SMILES string of the molecule is CC(NC(=O)NCCNS(C)(=O)=O)c1ccc(Cl)cc1. The minimum atomic E-state index is -3.23. The van der Waals surface area contributed by atoms with Gasteiger partial charge in [0, 0.05) is 18.1 Å². The molecule has 0 aliphatic carbocycles. The van der Waals surface area contributed by atoms with Crippen LogP contribution in [0.4, 0.5) is 4.79 Å². The van der Waals surface area contributed by atoms with E-state index in [1.807, 2.05) is 19.1 Å². The summed E-state index contributed by atoms with van der Waals surface area (Å²) in [7, 11) is -3.23. The van der Waals surface area contributed by atoms with Gasteiger partial charge in [-0.25, -0.2) is 17.9 Å². The summed E-state index contributed by atoms with van der Waals surface area (Å²) >= 11 is 5.79. The summed E-state index contributed by atoms with van der Waals surface area (Å²) in [6.45, 7) is 2.21. The van der Waals surface area contributed by atoms with Gasteiger partial charge in [-0.05, 0) is 24.6 Å². The first-order valence-electron chi connectivity index (χ1n) is 6.02. The third-order valence-corrected chi connectivity index (χ3v) is 3.47. The van der Waals surface area contributed by atoms with Gasteiger partial charge in [-0.15, -0.1) is 0 Å². The Balaban J connectivity index is 2.33. The first-order chi connectivity index (χ1) is 9.28. The molecule has 20 heavy (non-hydrogen) atoms. The summed E-state index contributed by atoms with van der Waals surface area (Å²) in [6.07, 6.45) is 1.07. The van der Waals surface area contributed by atoms with Crippen LogP contribution in [0.3, 0.4) is 0 Å². The van der Waals surface area contributed by atoms with Crippen molar-refractivity contribution in [1.29, 1.82) is 0 Å². The summed E-state index contributed by atoms with van der Waals surface area (Å²) in [4.78, 5) is 11.6. The maximum Gasteiger partial charge on any atom is 0.315 e. The van der Waals surface area contributed by atoms with Gasteiger partial charge in [0.1, 0.15) is 0 Å². The Hall–Kier alpha value is -1.31. The lowest BCUT2D eigenvalue weighted by Gasteiger charge is -2.15. The smallest absolute Gasteiger partial charge is 0.315 e. The number of carbonyl (C=O) groups excluding carboxylic acids is 1. The zero-order chi connectivity index (χ0) is 15.2. The number of carbonyl (C=O) groups is 1. The zero-order valence-electron chi connectivity index (χ0n) is 11.3. The van der Waals surface area contributed by atoms with Crippen molar-refractivity contribution in [1.82, 2.24) is 15.4 Å². The van der Waals surface area contributed by atoms with Gasteiger partial charge >= 0.3 is 6.03 Å². The van der Waals surface area contributed by atoms with E-state index in [0.29, 0.717) is 5.02 Å². The molecule has 0 aliphatic rings. The number of nitrogens with one attached hydrogen (secondary N) is 3. The minimum absolute atomic E-state index is 0.154. The maximum absolute atomic E-state index is 11.6. The van der Waals surface area contributed by atoms with Gasteiger partial charge in [0.25, 0.3) is 0 Å². The van der Waals surface area contributed by atoms with Crippen molar-refractivity contribution in [2.45, 2.75) is 13.0 Å². The van der Waals surface area contributed by atoms with E-state index < -0.39 is 10.0 Å². The number of urea groups is 1. The molecule has 2 amide bonds. The summed E-state index contributed by atoms with van der Waals surface area (Å²) < 4.78 is 23.9. The van der Waals surface area contributed by atoms with Crippen LogP contribution in [0.2, 0.25) is 5.02 Å². The average molecular weight is 320 g/mol. The monoisotopic (exact) mass is 319 g/mol. The summed E-state index contributed by atoms with van der Waals surface area (Å²) in [5.74, 6) is 0. The number of benzene rings is 1. The van der Waals surface area contributed by atoms with E-state index in [-0.39, 0.29) is 25.2 Å². The van der Waals surface area contributed by atoms with Crippen LogP contribution >= 0.6 is 11.6 Å². The lowest BCUT2D eigenvalue weighted by Crippen LogP contribution is -2.41. The Labute approximate surface area is 123 Å². The number of amides is 2. The molecule has 0 aromatic heterocycles. The summed E-state index contributed by atoms with van der Waals surface area (Å²) in [6, 6.07) is 6.64. The van der Waals surface area contributed by atoms with Crippen LogP contribution in [-0.4, -0.2) is 33.8 Å². The first kappa shape index (κ1) is 16.7. The van der Waals surface area contributed by atoms with E-state index in [4.69, 9.17) is 11.6 Å². The highest BCUT2D eigenvalue weighted by molar-refractivity contribution is 7.88. The van der Waals surface area contributed by atoms with Crippen LogP contribution in [0.1, 0.15) is 18.5 Å². The summed E-state index contributed by atoms with van der Waals surface area (Å²) in [5, 5.41) is 5.94. The molecule has 1 aromatic rings. The third-order valence-electron chi connectivity index (χ3n) is 2.49. The van der Waals surface area contributed by atoms with Crippen LogP contribution in [0.15, 0.2) is 24.3 Å². The van der Waals surface area contributed by atoms with Crippen LogP contribution in [-0.2, 0) is 10.0 Å². The summed E-state index contributed by atoms with van der Waals surface area (Å²) in [5.41, 5.74) is 0.929. The van der Waals surface area contributed by atoms with Gasteiger partial charge in [0.05, 0.1) is 12.3 Å². The van der Waals surface area contributed by atoms with Crippen LogP contribution in [0, 0.1) is 0 Å². The maximum atomic E-state index is 11.6. The highest BCUT2D eigenvalue weighted by Crippen LogP contribution is 2.15. The molecule has 0 spiro atoms. The molecule has 0 saturated heterocycles. The van der Waals surface area contributed by atoms with Crippen molar-refractivity contribution < 1.29 is 13.2 Å². The quantitative estimate of drug-likeness (QED) is 0.690. The molecule has 6 nitrogen and oxygen atoms in total. The average Bonchev–Trinajstić information content (AvgIpc) is 2.34. The predicted octanol–water partition coefficient (Wildman–Crippen LogP) is 1.25. The predicted molar refractivity (Wildman–Crippen MR) is 79.2 cm³/mol. The molecule has 1 unspecified atom stereocenters. The fourth-order valence-corrected chi connectivity index (χ4v) is 2.09. The molecule has 112 valence electrons. The van der Waals surface area contributed by atoms with Crippen molar-refractivity contribution in [3.05, 3.63) is 34.9 Å². The highest BCUT2D eigenvalue weighted by Gasteiger charge is 2.09. The first-order valence-corrected chi connectivity index (χ1v) is 8.29. The van der Waals surface area contributed by atoms with Gasteiger partial charge in [-0.2, -0.15) is 0 Å². The molecule has 3 N–H and O–H groups in total. The topological polar surface area (TPSA) is 87.3 Å². The van der Waals surface area contributed by atoms with E-state index in [2.05, 4.69) is 15.4 Å². The number of hydrogen-bond donors (Lipinski definition) is 3. The van der Waals surface area contributed by atoms with Crippen molar-refractivity contribution >= 4 is 27.7 Å². The third kappa shape index (κ3) is 6.74. The second-order valence-corrected chi connectivity index (χ2v) is 6.61. The molecule has 0 heterocycles. The Morgan fingerprint density at radius 2 is 1.85 bits per heavy atom. The van der Waals surface area contributed by atoms with E-state index in [0.717, 1.165) is 11.8 Å². The van der Waals surface area contributed by atoms with Crippen molar-refractivity contribution in [3.63, 3.8) is 0 Å². The van der Waals surface area contributed by atoms with Crippen LogP contribution in [0.5, 0.6) is 0 Å². The van der Waals surface area contributed by atoms with E-state index in [9.17, 15) is 13.2 Å². The highest BCUT2D eigenvalue weighted by atomic mass is 35.5. The number of hydrogen-bond acceptors (Lipinski definition) is 3. The second kappa shape index (κ2) is 7.47. The number of rotatable bonds is 6. The van der Waals surface area contributed by atoms with Crippen molar-refractivity contribution in [2.75, 3.05) is 19.3 Å².